The van der Waals surface area contributed by atoms with Gasteiger partial charge < -0.3 is 4.98 Å². The Morgan fingerprint density at radius 1 is 1.19 bits per heavy atom. The third-order valence-electron chi connectivity index (χ3n) is 4.75. The largest absolute Gasteiger partial charge is 0.389 e. The predicted molar refractivity (Wildman–Crippen MR) is 89.5 cm³/mol. The van der Waals surface area contributed by atoms with Gasteiger partial charge in [-0.3, -0.25) is 9.78 Å². The number of nitrogens with one attached hydrogen (secondary N) is 1. The molecule has 1 aliphatic carbocycles. The van der Waals surface area contributed by atoms with Gasteiger partial charge in [-0.25, -0.2) is 13.8 Å². The van der Waals surface area contributed by atoms with Crippen molar-refractivity contribution in [2.75, 3.05) is 0 Å². The van der Waals surface area contributed by atoms with Crippen LogP contribution in [0.4, 0.5) is 17.6 Å². The normalized spacial score (nSPS) is 16.7. The van der Waals surface area contributed by atoms with Gasteiger partial charge in [0, 0.05) is 34.6 Å². The molecule has 1 atom stereocenters. The fourth-order valence-corrected chi connectivity index (χ4v) is 3.68. The van der Waals surface area contributed by atoms with Gasteiger partial charge in [0.2, 0.25) is 0 Å². The van der Waals surface area contributed by atoms with Crippen molar-refractivity contribution in [1.82, 2.24) is 14.5 Å². The first-order chi connectivity index (χ1) is 12.7. The Hall–Kier alpha value is -2.97. The molecule has 3 aromatic rings. The average molecular weight is 379 g/mol. The van der Waals surface area contributed by atoms with Crippen LogP contribution in [-0.2, 0) is 12.8 Å². The summed E-state index contributed by atoms with van der Waals surface area (Å²) in [7, 11) is 0. The molecule has 1 N–H and O–H groups in total. The summed E-state index contributed by atoms with van der Waals surface area (Å²) in [4.78, 5) is 31.8. The highest BCUT2D eigenvalue weighted by molar-refractivity contribution is 5.89. The second kappa shape index (κ2) is 6.04. The SMILES string of the molecule is O=c1[nH]c2c(c(=O)n1-c1cncc3cccc(F)c13)CC(CC(F)(F)F)C2. The highest BCUT2D eigenvalue weighted by Crippen LogP contribution is 2.33. The number of rotatable bonds is 2. The first-order valence-electron chi connectivity index (χ1n) is 8.21. The van der Waals surface area contributed by atoms with E-state index in [-0.39, 0.29) is 35.2 Å². The number of benzene rings is 1. The molecule has 0 radical (unpaired) electrons. The maximum absolute atomic E-state index is 14.3. The molecule has 2 heterocycles. The molecule has 1 unspecified atom stereocenters. The van der Waals surface area contributed by atoms with Crippen molar-refractivity contribution in [3.8, 4) is 5.69 Å². The molecule has 27 heavy (non-hydrogen) atoms. The first kappa shape index (κ1) is 17.4. The number of alkyl halides is 3. The van der Waals surface area contributed by atoms with Crippen molar-refractivity contribution in [3.63, 3.8) is 0 Å². The smallest absolute Gasteiger partial charge is 0.310 e. The fraction of sp³-hybridized carbons (Fsp3) is 0.278. The van der Waals surface area contributed by atoms with Crippen molar-refractivity contribution in [3.05, 3.63) is 68.5 Å². The summed E-state index contributed by atoms with van der Waals surface area (Å²) in [5, 5.41) is 0.444. The number of pyridine rings is 1. The van der Waals surface area contributed by atoms with Gasteiger partial charge in [-0.05, 0) is 24.8 Å². The van der Waals surface area contributed by atoms with Gasteiger partial charge in [0.15, 0.2) is 0 Å². The minimum atomic E-state index is -4.35. The third kappa shape index (κ3) is 3.02. The number of H-pyrrole nitrogens is 1. The summed E-state index contributed by atoms with van der Waals surface area (Å²) in [5.41, 5.74) is -1.28. The van der Waals surface area contributed by atoms with E-state index in [2.05, 4.69) is 9.97 Å². The van der Waals surface area contributed by atoms with E-state index in [4.69, 9.17) is 0 Å². The molecule has 0 fully saturated rings. The van der Waals surface area contributed by atoms with Gasteiger partial charge >= 0.3 is 11.9 Å². The molecule has 1 aliphatic rings. The van der Waals surface area contributed by atoms with Crippen molar-refractivity contribution in [2.45, 2.75) is 25.4 Å². The van der Waals surface area contributed by atoms with Crippen LogP contribution in [0.15, 0.2) is 40.2 Å². The average Bonchev–Trinajstić information content (AvgIpc) is 2.95. The molecular weight excluding hydrogens is 366 g/mol. The van der Waals surface area contributed by atoms with Crippen LogP contribution in [0, 0.1) is 11.7 Å². The molecule has 0 saturated carbocycles. The molecule has 9 heteroatoms. The zero-order valence-electron chi connectivity index (χ0n) is 13.8. The van der Waals surface area contributed by atoms with E-state index in [1.807, 2.05) is 0 Å². The molecule has 0 bridgehead atoms. The highest BCUT2D eigenvalue weighted by Gasteiger charge is 2.36. The molecule has 0 saturated heterocycles. The Labute approximate surface area is 149 Å². The minimum Gasteiger partial charge on any atom is -0.310 e. The third-order valence-corrected chi connectivity index (χ3v) is 4.75. The number of aromatic amines is 1. The standard InChI is InChI=1S/C18H13F4N3O2/c19-12-3-1-2-10-7-23-8-14(15(10)12)25-16(26)11-4-9(6-18(20,21)22)5-13(11)24-17(25)27/h1-3,7-9H,4-6H2,(H,24,27). The lowest BCUT2D eigenvalue weighted by Gasteiger charge is -2.11. The quantitative estimate of drug-likeness (QED) is 0.697. The first-order valence-corrected chi connectivity index (χ1v) is 8.21. The van der Waals surface area contributed by atoms with Crippen molar-refractivity contribution in [2.24, 2.45) is 5.92 Å². The summed E-state index contributed by atoms with van der Waals surface area (Å²) < 4.78 is 53.1. The van der Waals surface area contributed by atoms with Gasteiger partial charge in [0.25, 0.3) is 5.56 Å². The summed E-state index contributed by atoms with van der Waals surface area (Å²) in [6.45, 7) is 0. The number of hydrogen-bond acceptors (Lipinski definition) is 3. The predicted octanol–water partition coefficient (Wildman–Crippen LogP) is 2.88. The van der Waals surface area contributed by atoms with Crippen LogP contribution in [0.1, 0.15) is 17.7 Å². The highest BCUT2D eigenvalue weighted by atomic mass is 19.4. The summed E-state index contributed by atoms with van der Waals surface area (Å²) in [5.74, 6) is -1.44. The lowest BCUT2D eigenvalue weighted by Crippen LogP contribution is -2.36. The number of hydrogen-bond donors (Lipinski definition) is 1. The minimum absolute atomic E-state index is 0.0255. The second-order valence-corrected chi connectivity index (χ2v) is 6.62. The number of aromatic nitrogens is 3. The van der Waals surface area contributed by atoms with Crippen molar-refractivity contribution < 1.29 is 17.6 Å². The molecular formula is C18H13F4N3O2. The van der Waals surface area contributed by atoms with E-state index >= 15 is 0 Å². The van der Waals surface area contributed by atoms with E-state index < -0.39 is 35.6 Å². The van der Waals surface area contributed by atoms with Crippen LogP contribution >= 0.6 is 0 Å². The lowest BCUT2D eigenvalue weighted by molar-refractivity contribution is -0.143. The monoisotopic (exact) mass is 379 g/mol. The lowest BCUT2D eigenvalue weighted by atomic mass is 10.0. The van der Waals surface area contributed by atoms with E-state index in [9.17, 15) is 27.2 Å². The molecule has 5 nitrogen and oxygen atoms in total. The molecule has 2 aromatic heterocycles. The zero-order chi connectivity index (χ0) is 19.3. The van der Waals surface area contributed by atoms with Gasteiger partial charge in [-0.1, -0.05) is 12.1 Å². The van der Waals surface area contributed by atoms with E-state index in [0.717, 1.165) is 4.57 Å². The Kier molecular flexibility index (Phi) is 3.90. The van der Waals surface area contributed by atoms with Gasteiger partial charge in [-0.15, -0.1) is 0 Å². The Balaban J connectivity index is 1.88. The van der Waals surface area contributed by atoms with Crippen LogP contribution in [0.5, 0.6) is 0 Å². The number of nitrogens with zero attached hydrogens (tertiary/aromatic N) is 2. The summed E-state index contributed by atoms with van der Waals surface area (Å²) >= 11 is 0. The van der Waals surface area contributed by atoms with Crippen LogP contribution in [0.25, 0.3) is 16.5 Å². The molecule has 0 amide bonds. The van der Waals surface area contributed by atoms with Gasteiger partial charge in [-0.2, -0.15) is 13.2 Å². The van der Waals surface area contributed by atoms with Crippen LogP contribution < -0.4 is 11.2 Å². The molecule has 1 aromatic carbocycles. The Bertz CT molecular complexity index is 1160. The summed E-state index contributed by atoms with van der Waals surface area (Å²) in [6.07, 6.45) is -2.92. The molecule has 4 rings (SSSR count). The van der Waals surface area contributed by atoms with Crippen molar-refractivity contribution >= 4 is 10.8 Å². The van der Waals surface area contributed by atoms with Crippen LogP contribution in [-0.4, -0.2) is 20.7 Å². The van der Waals surface area contributed by atoms with E-state index in [1.54, 1.807) is 6.07 Å². The second-order valence-electron chi connectivity index (χ2n) is 6.62. The van der Waals surface area contributed by atoms with Crippen LogP contribution in [0.2, 0.25) is 0 Å². The van der Waals surface area contributed by atoms with Crippen LogP contribution in [0.3, 0.4) is 0 Å². The zero-order valence-corrected chi connectivity index (χ0v) is 13.8. The Morgan fingerprint density at radius 3 is 2.70 bits per heavy atom. The van der Waals surface area contributed by atoms with E-state index in [1.165, 1.54) is 24.5 Å². The topological polar surface area (TPSA) is 67.8 Å². The maximum atomic E-state index is 14.3. The van der Waals surface area contributed by atoms with E-state index in [0.29, 0.717) is 5.39 Å². The molecule has 0 aliphatic heterocycles. The summed E-state index contributed by atoms with van der Waals surface area (Å²) in [6, 6.07) is 4.25. The maximum Gasteiger partial charge on any atom is 0.389 e. The fourth-order valence-electron chi connectivity index (χ4n) is 3.68. The number of fused-ring (bicyclic) bond motifs is 2. The molecule has 0 spiro atoms. The Morgan fingerprint density at radius 2 is 1.96 bits per heavy atom. The van der Waals surface area contributed by atoms with Crippen molar-refractivity contribution in [1.29, 1.82) is 0 Å². The van der Waals surface area contributed by atoms with Gasteiger partial charge in [0.1, 0.15) is 5.82 Å². The number of halogens is 4. The molecule has 140 valence electrons. The van der Waals surface area contributed by atoms with Gasteiger partial charge in [0.05, 0.1) is 11.9 Å².